The van der Waals surface area contributed by atoms with Crippen LogP contribution in [0.2, 0.25) is 0 Å². The molecule has 0 aromatic heterocycles. The Bertz CT molecular complexity index is 993. The summed E-state index contributed by atoms with van der Waals surface area (Å²) >= 11 is 0. The van der Waals surface area contributed by atoms with Gasteiger partial charge in [-0.1, -0.05) is 31.2 Å². The Labute approximate surface area is 146 Å². The minimum absolute atomic E-state index is 0.120. The Kier molecular flexibility index (Phi) is 3.41. The lowest BCUT2D eigenvalue weighted by atomic mass is 9.88. The van der Waals surface area contributed by atoms with E-state index in [0.717, 1.165) is 22.1 Å². The number of phenolic OH excluding ortho intramolecular Hbond substituents is 1. The van der Waals surface area contributed by atoms with Gasteiger partial charge < -0.3 is 19.7 Å². The van der Waals surface area contributed by atoms with Crippen molar-refractivity contribution in [1.29, 1.82) is 0 Å². The summed E-state index contributed by atoms with van der Waals surface area (Å²) < 4.78 is 11.1. The van der Waals surface area contributed by atoms with Crippen LogP contribution < -0.4 is 9.47 Å². The number of hydrogen-bond donors (Lipinski definition) is 2. The second-order valence-corrected chi connectivity index (χ2v) is 6.30. The van der Waals surface area contributed by atoms with Crippen LogP contribution in [-0.2, 0) is 5.60 Å². The number of aromatic hydroxyl groups is 1. The Morgan fingerprint density at radius 1 is 1.00 bits per heavy atom. The van der Waals surface area contributed by atoms with E-state index < -0.39 is 5.60 Å². The van der Waals surface area contributed by atoms with E-state index in [2.05, 4.69) is 0 Å². The first kappa shape index (κ1) is 15.8. The molecule has 1 unspecified atom stereocenters. The lowest BCUT2D eigenvalue weighted by molar-refractivity contribution is 0.0812. The van der Waals surface area contributed by atoms with E-state index in [1.165, 1.54) is 0 Å². The molecule has 0 radical (unpaired) electrons. The van der Waals surface area contributed by atoms with Crippen LogP contribution in [0.5, 0.6) is 17.2 Å². The highest BCUT2D eigenvalue weighted by molar-refractivity contribution is 6.09. The van der Waals surface area contributed by atoms with Crippen LogP contribution in [0.1, 0.15) is 24.5 Å². The second kappa shape index (κ2) is 5.39. The quantitative estimate of drug-likeness (QED) is 0.753. The molecule has 4 rings (SSSR count). The van der Waals surface area contributed by atoms with Crippen molar-refractivity contribution in [2.45, 2.75) is 18.9 Å². The highest BCUT2D eigenvalue weighted by atomic mass is 16.5. The maximum atomic E-state index is 11.4. The topological polar surface area (TPSA) is 58.9 Å². The van der Waals surface area contributed by atoms with Gasteiger partial charge in [0.05, 0.1) is 14.2 Å². The Morgan fingerprint density at radius 2 is 1.76 bits per heavy atom. The first-order chi connectivity index (χ1) is 12.1. The van der Waals surface area contributed by atoms with Gasteiger partial charge in [0.2, 0.25) is 0 Å². The molecule has 2 N–H and O–H groups in total. The summed E-state index contributed by atoms with van der Waals surface area (Å²) in [6.45, 7) is 1.94. The van der Waals surface area contributed by atoms with Gasteiger partial charge >= 0.3 is 0 Å². The molecule has 0 saturated carbocycles. The van der Waals surface area contributed by atoms with Crippen molar-refractivity contribution in [3.8, 4) is 28.4 Å². The number of phenols is 1. The third-order valence-corrected chi connectivity index (χ3v) is 5.22. The van der Waals surface area contributed by atoms with E-state index in [9.17, 15) is 10.2 Å². The van der Waals surface area contributed by atoms with Crippen LogP contribution in [0.3, 0.4) is 0 Å². The van der Waals surface area contributed by atoms with Gasteiger partial charge in [0.25, 0.3) is 0 Å². The predicted octanol–water partition coefficient (Wildman–Crippen LogP) is 4.19. The van der Waals surface area contributed by atoms with Crippen molar-refractivity contribution >= 4 is 10.8 Å². The lowest BCUT2D eigenvalue weighted by Gasteiger charge is -2.24. The van der Waals surface area contributed by atoms with Crippen LogP contribution >= 0.6 is 0 Å². The molecule has 0 fully saturated rings. The molecule has 0 heterocycles. The summed E-state index contributed by atoms with van der Waals surface area (Å²) in [5.41, 5.74) is 2.27. The molecular formula is C21H20O4. The first-order valence-electron chi connectivity index (χ1n) is 8.30. The van der Waals surface area contributed by atoms with Gasteiger partial charge in [0.1, 0.15) is 11.4 Å². The van der Waals surface area contributed by atoms with Gasteiger partial charge in [-0.15, -0.1) is 0 Å². The predicted molar refractivity (Wildman–Crippen MR) is 97.4 cm³/mol. The largest absolute Gasteiger partial charge is 0.507 e. The third kappa shape index (κ3) is 1.91. The molecule has 0 spiro atoms. The number of aliphatic hydroxyl groups is 1. The van der Waals surface area contributed by atoms with Crippen LogP contribution in [-0.4, -0.2) is 24.4 Å². The highest BCUT2D eigenvalue weighted by Crippen LogP contribution is 2.56. The fourth-order valence-corrected chi connectivity index (χ4v) is 4.00. The number of methoxy groups -OCH3 is 2. The highest BCUT2D eigenvalue weighted by Gasteiger charge is 2.42. The average Bonchev–Trinajstić information content (AvgIpc) is 2.90. The van der Waals surface area contributed by atoms with Gasteiger partial charge in [-0.2, -0.15) is 0 Å². The molecule has 4 heteroatoms. The average molecular weight is 336 g/mol. The molecule has 4 nitrogen and oxygen atoms in total. The Morgan fingerprint density at radius 3 is 2.44 bits per heavy atom. The van der Waals surface area contributed by atoms with Gasteiger partial charge in [-0.05, 0) is 35.7 Å². The number of ether oxygens (including phenoxy) is 2. The van der Waals surface area contributed by atoms with Crippen LogP contribution in [0.25, 0.3) is 21.9 Å². The fraction of sp³-hybridized carbons (Fsp3) is 0.238. The van der Waals surface area contributed by atoms with Gasteiger partial charge in [-0.25, -0.2) is 0 Å². The summed E-state index contributed by atoms with van der Waals surface area (Å²) in [5, 5.41) is 23.4. The summed E-state index contributed by atoms with van der Waals surface area (Å²) in [5.74, 6) is 1.27. The molecule has 3 aromatic carbocycles. The monoisotopic (exact) mass is 336 g/mol. The summed E-state index contributed by atoms with van der Waals surface area (Å²) in [7, 11) is 3.17. The molecular weight excluding hydrogens is 316 g/mol. The first-order valence-corrected chi connectivity index (χ1v) is 8.30. The number of rotatable bonds is 3. The van der Waals surface area contributed by atoms with Gasteiger partial charge in [0, 0.05) is 21.9 Å². The van der Waals surface area contributed by atoms with E-state index in [1.807, 2.05) is 37.3 Å². The zero-order valence-corrected chi connectivity index (χ0v) is 14.5. The van der Waals surface area contributed by atoms with Crippen LogP contribution in [0.4, 0.5) is 0 Å². The molecule has 0 saturated heterocycles. The molecule has 0 amide bonds. The Balaban J connectivity index is 2.25. The normalized spacial score (nSPS) is 18.1. The van der Waals surface area contributed by atoms with E-state index >= 15 is 0 Å². The van der Waals surface area contributed by atoms with Crippen molar-refractivity contribution in [3.63, 3.8) is 0 Å². The number of fused-ring (bicyclic) bond motifs is 5. The second-order valence-electron chi connectivity index (χ2n) is 6.30. The number of hydrogen-bond acceptors (Lipinski definition) is 4. The maximum absolute atomic E-state index is 11.4. The maximum Gasteiger partial charge on any atom is 0.169 e. The molecule has 1 aliphatic rings. The molecule has 0 bridgehead atoms. The molecule has 128 valence electrons. The van der Waals surface area contributed by atoms with E-state index in [1.54, 1.807) is 26.4 Å². The smallest absolute Gasteiger partial charge is 0.169 e. The molecule has 25 heavy (non-hydrogen) atoms. The van der Waals surface area contributed by atoms with Gasteiger partial charge in [0.15, 0.2) is 11.5 Å². The number of benzene rings is 3. The molecule has 1 atom stereocenters. The van der Waals surface area contributed by atoms with Crippen molar-refractivity contribution < 1.29 is 19.7 Å². The van der Waals surface area contributed by atoms with Crippen molar-refractivity contribution in [1.82, 2.24) is 0 Å². The standard InChI is InChI=1S/C21H20O4/c1-4-21(23)14-8-6-5-7-12(14)18-15(21)11-16(22)13-9-10-17(24-2)20(25-3)19(13)18/h5-11,22-23H,4H2,1-3H3. The van der Waals surface area contributed by atoms with Crippen molar-refractivity contribution in [2.75, 3.05) is 14.2 Å². The van der Waals surface area contributed by atoms with Gasteiger partial charge in [-0.3, -0.25) is 0 Å². The zero-order chi connectivity index (χ0) is 17.8. The summed E-state index contributed by atoms with van der Waals surface area (Å²) in [6.07, 6.45) is 0.508. The van der Waals surface area contributed by atoms with Crippen LogP contribution in [0, 0.1) is 0 Å². The van der Waals surface area contributed by atoms with Crippen molar-refractivity contribution in [3.05, 3.63) is 53.6 Å². The summed E-state index contributed by atoms with van der Waals surface area (Å²) in [4.78, 5) is 0. The summed E-state index contributed by atoms with van der Waals surface area (Å²) in [6, 6.07) is 13.1. The molecule has 3 aromatic rings. The minimum atomic E-state index is -1.13. The van der Waals surface area contributed by atoms with Crippen LogP contribution in [0.15, 0.2) is 42.5 Å². The zero-order valence-electron chi connectivity index (χ0n) is 14.5. The van der Waals surface area contributed by atoms with E-state index in [0.29, 0.717) is 28.9 Å². The SMILES string of the molecule is CCC1(O)c2ccccc2-c2c1cc(O)c1ccc(OC)c(OC)c21. The molecule has 0 aliphatic heterocycles. The fourth-order valence-electron chi connectivity index (χ4n) is 4.00. The molecule has 1 aliphatic carbocycles. The lowest BCUT2D eigenvalue weighted by Crippen LogP contribution is -2.23. The Hall–Kier alpha value is -2.72. The van der Waals surface area contributed by atoms with Crippen molar-refractivity contribution in [2.24, 2.45) is 0 Å². The minimum Gasteiger partial charge on any atom is -0.507 e. The van der Waals surface area contributed by atoms with E-state index in [4.69, 9.17) is 9.47 Å². The van der Waals surface area contributed by atoms with E-state index in [-0.39, 0.29) is 5.75 Å². The third-order valence-electron chi connectivity index (χ3n) is 5.22.